The Hall–Kier alpha value is -1.89. The van der Waals surface area contributed by atoms with Crippen molar-refractivity contribution in [2.75, 3.05) is 0 Å². The van der Waals surface area contributed by atoms with Crippen LogP contribution in [0.25, 0.3) is 6.08 Å². The first kappa shape index (κ1) is 17.9. The molecule has 2 aliphatic rings. The van der Waals surface area contributed by atoms with Gasteiger partial charge in [0.2, 0.25) is 0 Å². The molecule has 0 bridgehead atoms. The van der Waals surface area contributed by atoms with Gasteiger partial charge in [-0.3, -0.25) is 4.79 Å². The average molecular weight is 335 g/mol. The maximum Gasteiger partial charge on any atom is 0.160 e. The predicted molar refractivity (Wildman–Crippen MR) is 107 cm³/mol. The van der Waals surface area contributed by atoms with E-state index in [4.69, 9.17) is 0 Å². The Morgan fingerprint density at radius 3 is 2.80 bits per heavy atom. The molecule has 0 saturated heterocycles. The quantitative estimate of drug-likeness (QED) is 0.570. The molecule has 0 N–H and O–H groups in total. The van der Waals surface area contributed by atoms with Gasteiger partial charge in [0.15, 0.2) is 5.78 Å². The zero-order chi connectivity index (χ0) is 17.8. The van der Waals surface area contributed by atoms with Crippen molar-refractivity contribution in [1.29, 1.82) is 0 Å². The van der Waals surface area contributed by atoms with E-state index < -0.39 is 0 Å². The molecule has 1 heteroatoms. The minimum Gasteiger partial charge on any atom is -0.294 e. The number of allylic oxidation sites excluding steroid dienone is 4. The van der Waals surface area contributed by atoms with E-state index in [1.54, 1.807) is 6.08 Å². The molecule has 0 aliphatic heterocycles. The largest absolute Gasteiger partial charge is 0.294 e. The molecule has 1 aromatic rings. The summed E-state index contributed by atoms with van der Waals surface area (Å²) in [6.45, 7) is 8.39. The summed E-state index contributed by atoms with van der Waals surface area (Å²) in [4.78, 5) is 11.6. The smallest absolute Gasteiger partial charge is 0.160 e. The van der Waals surface area contributed by atoms with Crippen LogP contribution in [0, 0.1) is 12.8 Å². The van der Waals surface area contributed by atoms with E-state index in [0.29, 0.717) is 6.42 Å². The van der Waals surface area contributed by atoms with Crippen LogP contribution < -0.4 is 0 Å². The summed E-state index contributed by atoms with van der Waals surface area (Å²) in [5, 5.41) is 0. The van der Waals surface area contributed by atoms with Crippen LogP contribution in [0.15, 0.2) is 42.0 Å². The molecule has 1 aromatic carbocycles. The molecule has 3 rings (SSSR count). The number of carbonyl (C=O) groups is 1. The van der Waals surface area contributed by atoms with Crippen LogP contribution in [-0.2, 0) is 17.6 Å². The second kappa shape index (κ2) is 7.99. The van der Waals surface area contributed by atoms with Gasteiger partial charge in [0.1, 0.15) is 0 Å². The van der Waals surface area contributed by atoms with Crippen LogP contribution in [0.5, 0.6) is 0 Å². The van der Waals surface area contributed by atoms with Crippen molar-refractivity contribution in [3.05, 3.63) is 64.3 Å². The van der Waals surface area contributed by atoms with Crippen molar-refractivity contribution >= 4 is 11.9 Å². The Morgan fingerprint density at radius 2 is 2.08 bits per heavy atom. The lowest BCUT2D eigenvalue weighted by Crippen LogP contribution is -2.09. The van der Waals surface area contributed by atoms with E-state index in [-0.39, 0.29) is 5.78 Å². The number of carbonyl (C=O) groups excluding carboxylic acids is 1. The standard InChI is InChI=1S/C24H30O/c1-17(2)20-12-9-19(10-13-20)6-4-5-7-23-18(3)8-11-21-16-22(25)14-15-24(21)23/h8,11-12,14-15,19H,1,4-7,9-10,13,16H2,2-3H3. The fourth-order valence-electron chi connectivity index (χ4n) is 4.21. The van der Waals surface area contributed by atoms with Crippen LogP contribution >= 0.6 is 0 Å². The minimum absolute atomic E-state index is 0.224. The van der Waals surface area contributed by atoms with Gasteiger partial charge in [-0.25, -0.2) is 0 Å². The summed E-state index contributed by atoms with van der Waals surface area (Å²) in [5.41, 5.74) is 8.06. The number of aryl methyl sites for hydroxylation is 1. The molecule has 1 unspecified atom stereocenters. The van der Waals surface area contributed by atoms with Crippen LogP contribution in [0.3, 0.4) is 0 Å². The molecule has 1 nitrogen and oxygen atoms in total. The third kappa shape index (κ3) is 4.39. The van der Waals surface area contributed by atoms with Gasteiger partial charge in [0.25, 0.3) is 0 Å². The third-order valence-electron chi connectivity index (χ3n) is 5.84. The first-order valence-corrected chi connectivity index (χ1v) is 9.71. The highest BCUT2D eigenvalue weighted by atomic mass is 16.1. The third-order valence-corrected chi connectivity index (χ3v) is 5.84. The Kier molecular flexibility index (Phi) is 5.73. The predicted octanol–water partition coefficient (Wildman–Crippen LogP) is 6.15. The maximum absolute atomic E-state index is 11.6. The van der Waals surface area contributed by atoms with Crippen molar-refractivity contribution in [3.63, 3.8) is 0 Å². The maximum atomic E-state index is 11.6. The Labute approximate surface area is 152 Å². The van der Waals surface area contributed by atoms with Crippen LogP contribution in [0.2, 0.25) is 0 Å². The molecule has 0 radical (unpaired) electrons. The summed E-state index contributed by atoms with van der Waals surface area (Å²) in [7, 11) is 0. The minimum atomic E-state index is 0.224. The molecule has 0 aromatic heterocycles. The Bertz CT molecular complexity index is 733. The summed E-state index contributed by atoms with van der Waals surface area (Å²) < 4.78 is 0. The highest BCUT2D eigenvalue weighted by Gasteiger charge is 2.16. The van der Waals surface area contributed by atoms with Gasteiger partial charge >= 0.3 is 0 Å². The first-order valence-electron chi connectivity index (χ1n) is 9.71. The normalized spacial score (nSPS) is 19.5. The number of benzene rings is 1. The van der Waals surface area contributed by atoms with E-state index in [9.17, 15) is 4.79 Å². The van der Waals surface area contributed by atoms with E-state index >= 15 is 0 Å². The van der Waals surface area contributed by atoms with Gasteiger partial charge in [0.05, 0.1) is 0 Å². The zero-order valence-corrected chi connectivity index (χ0v) is 15.7. The number of unbranched alkanes of at least 4 members (excludes halogenated alkanes) is 1. The van der Waals surface area contributed by atoms with E-state index in [1.807, 2.05) is 6.08 Å². The van der Waals surface area contributed by atoms with Crippen molar-refractivity contribution in [1.82, 2.24) is 0 Å². The molecular formula is C24H30O. The number of fused-ring (bicyclic) bond motifs is 1. The lowest BCUT2D eigenvalue weighted by atomic mass is 9.83. The number of hydrogen-bond acceptors (Lipinski definition) is 1. The SMILES string of the molecule is C=C(C)C1=CCC(CCCCc2c(C)ccc3c2C=CC(=O)C3)CC1. The fraction of sp³-hybridized carbons (Fsp3) is 0.458. The second-order valence-electron chi connectivity index (χ2n) is 7.81. The van der Waals surface area contributed by atoms with Gasteiger partial charge in [0, 0.05) is 6.42 Å². The van der Waals surface area contributed by atoms with Crippen LogP contribution in [-0.4, -0.2) is 5.78 Å². The van der Waals surface area contributed by atoms with Gasteiger partial charge in [-0.15, -0.1) is 0 Å². The zero-order valence-electron chi connectivity index (χ0n) is 15.7. The highest BCUT2D eigenvalue weighted by molar-refractivity contribution is 5.98. The first-order chi connectivity index (χ1) is 12.0. The van der Waals surface area contributed by atoms with E-state index in [0.717, 1.165) is 12.3 Å². The number of hydrogen-bond donors (Lipinski definition) is 0. The summed E-state index contributed by atoms with van der Waals surface area (Å²) in [6, 6.07) is 4.31. The molecule has 1 atom stereocenters. The molecule has 25 heavy (non-hydrogen) atoms. The van der Waals surface area contributed by atoms with E-state index in [2.05, 4.69) is 38.6 Å². The van der Waals surface area contributed by atoms with Crippen molar-refractivity contribution in [2.45, 2.75) is 65.2 Å². The van der Waals surface area contributed by atoms with E-state index in [1.165, 1.54) is 71.9 Å². The van der Waals surface area contributed by atoms with Crippen molar-refractivity contribution in [3.8, 4) is 0 Å². The molecule has 132 valence electrons. The topological polar surface area (TPSA) is 17.1 Å². The number of ketones is 1. The molecular weight excluding hydrogens is 304 g/mol. The molecule has 0 saturated carbocycles. The number of rotatable bonds is 6. The average Bonchev–Trinajstić information content (AvgIpc) is 2.60. The molecule has 0 heterocycles. The fourth-order valence-corrected chi connectivity index (χ4v) is 4.21. The Balaban J connectivity index is 1.52. The summed E-state index contributed by atoms with van der Waals surface area (Å²) >= 11 is 0. The monoisotopic (exact) mass is 334 g/mol. The molecule has 0 amide bonds. The van der Waals surface area contributed by atoms with Gasteiger partial charge in [-0.05, 0) is 85.8 Å². The lowest BCUT2D eigenvalue weighted by Gasteiger charge is -2.22. The van der Waals surface area contributed by atoms with Gasteiger partial charge < -0.3 is 0 Å². The van der Waals surface area contributed by atoms with Crippen molar-refractivity contribution < 1.29 is 4.79 Å². The molecule has 0 fully saturated rings. The second-order valence-corrected chi connectivity index (χ2v) is 7.81. The summed E-state index contributed by atoms with van der Waals surface area (Å²) in [5.74, 6) is 1.08. The molecule has 2 aliphatic carbocycles. The molecule has 0 spiro atoms. The van der Waals surface area contributed by atoms with Gasteiger partial charge in [-0.2, -0.15) is 0 Å². The van der Waals surface area contributed by atoms with Gasteiger partial charge in [-0.1, -0.05) is 49.3 Å². The van der Waals surface area contributed by atoms with Crippen molar-refractivity contribution in [2.24, 2.45) is 5.92 Å². The lowest BCUT2D eigenvalue weighted by molar-refractivity contribution is -0.114. The Morgan fingerprint density at radius 1 is 1.24 bits per heavy atom. The van der Waals surface area contributed by atoms with Crippen LogP contribution in [0.4, 0.5) is 0 Å². The highest BCUT2D eigenvalue weighted by Crippen LogP contribution is 2.31. The summed E-state index contributed by atoms with van der Waals surface area (Å²) in [6.07, 6.45) is 15.5. The van der Waals surface area contributed by atoms with Crippen LogP contribution in [0.1, 0.15) is 67.7 Å².